The van der Waals surface area contributed by atoms with Crippen LogP contribution in [-0.2, 0) is 12.8 Å². The van der Waals surface area contributed by atoms with Gasteiger partial charge >= 0.3 is 0 Å². The average molecular weight is 357 g/mol. The van der Waals surface area contributed by atoms with Crippen molar-refractivity contribution in [2.45, 2.75) is 18.9 Å². The second-order valence-corrected chi connectivity index (χ2v) is 5.83. The molecule has 1 heterocycles. The highest BCUT2D eigenvalue weighted by Gasteiger charge is 2.10. The van der Waals surface area contributed by atoms with E-state index in [1.54, 1.807) is 19.4 Å². The van der Waals surface area contributed by atoms with Crippen molar-refractivity contribution >= 4 is 27.5 Å². The Kier molecular flexibility index (Phi) is 5.40. The van der Waals surface area contributed by atoms with Crippen LogP contribution in [0.2, 0.25) is 5.02 Å². The maximum atomic E-state index is 10.1. The van der Waals surface area contributed by atoms with Gasteiger partial charge in [-0.3, -0.25) is 0 Å². The summed E-state index contributed by atoms with van der Waals surface area (Å²) in [7, 11) is 1.58. The van der Waals surface area contributed by atoms with Gasteiger partial charge in [-0.2, -0.15) is 0 Å². The Balaban J connectivity index is 1.99. The minimum atomic E-state index is -0.496. The minimum absolute atomic E-state index is 0.496. The first-order valence-corrected chi connectivity index (χ1v) is 7.36. The number of methoxy groups -OCH3 is 1. The molecule has 0 saturated heterocycles. The van der Waals surface area contributed by atoms with Gasteiger partial charge in [-0.25, -0.2) is 4.98 Å². The van der Waals surface area contributed by atoms with E-state index in [4.69, 9.17) is 16.3 Å². The molecule has 0 aliphatic heterocycles. The summed E-state index contributed by atoms with van der Waals surface area (Å²) >= 11 is 9.51. The van der Waals surface area contributed by atoms with E-state index in [0.717, 1.165) is 15.6 Å². The Labute approximate surface area is 131 Å². The third kappa shape index (κ3) is 4.20. The Morgan fingerprint density at radius 1 is 1.30 bits per heavy atom. The lowest BCUT2D eigenvalue weighted by Crippen LogP contribution is -2.14. The Morgan fingerprint density at radius 2 is 2.10 bits per heavy atom. The van der Waals surface area contributed by atoms with Gasteiger partial charge in [0, 0.05) is 34.6 Å². The minimum Gasteiger partial charge on any atom is -0.481 e. The van der Waals surface area contributed by atoms with Crippen LogP contribution in [-0.4, -0.2) is 23.3 Å². The molecule has 0 spiro atoms. The zero-order valence-corrected chi connectivity index (χ0v) is 13.4. The quantitative estimate of drug-likeness (QED) is 0.889. The molecule has 1 N–H and O–H groups in total. The molecule has 0 radical (unpaired) electrons. The standard InChI is InChI=1S/C15H15BrClNO2/c1-20-15-5-2-10(9-18-15)6-13(19)7-11-3-4-12(16)8-14(11)17/h2-5,8-9,13,19H,6-7H2,1H3. The fourth-order valence-electron chi connectivity index (χ4n) is 1.94. The molecule has 1 unspecified atom stereocenters. The third-order valence-corrected chi connectivity index (χ3v) is 3.79. The number of benzene rings is 1. The van der Waals surface area contributed by atoms with Crippen molar-refractivity contribution in [1.29, 1.82) is 0 Å². The van der Waals surface area contributed by atoms with Gasteiger partial charge in [-0.15, -0.1) is 0 Å². The highest BCUT2D eigenvalue weighted by Crippen LogP contribution is 2.23. The van der Waals surface area contributed by atoms with Crippen LogP contribution in [0.3, 0.4) is 0 Å². The maximum absolute atomic E-state index is 10.1. The molecule has 1 aromatic carbocycles. The topological polar surface area (TPSA) is 42.4 Å². The van der Waals surface area contributed by atoms with Gasteiger partial charge in [-0.05, 0) is 23.3 Å². The largest absolute Gasteiger partial charge is 0.481 e. The maximum Gasteiger partial charge on any atom is 0.212 e. The summed E-state index contributed by atoms with van der Waals surface area (Å²) in [6, 6.07) is 9.36. The van der Waals surface area contributed by atoms with Crippen molar-refractivity contribution in [2.75, 3.05) is 7.11 Å². The van der Waals surface area contributed by atoms with Crippen molar-refractivity contribution in [3.63, 3.8) is 0 Å². The fourth-order valence-corrected chi connectivity index (χ4v) is 2.69. The number of aromatic nitrogens is 1. The van der Waals surface area contributed by atoms with E-state index >= 15 is 0 Å². The molecule has 0 saturated carbocycles. The van der Waals surface area contributed by atoms with E-state index in [2.05, 4.69) is 20.9 Å². The molecule has 2 rings (SSSR count). The molecular weight excluding hydrogens is 342 g/mol. The van der Waals surface area contributed by atoms with Gasteiger partial charge in [0.1, 0.15) is 0 Å². The van der Waals surface area contributed by atoms with Crippen LogP contribution in [0, 0.1) is 0 Å². The first-order chi connectivity index (χ1) is 9.58. The second-order valence-electron chi connectivity index (χ2n) is 4.51. The van der Waals surface area contributed by atoms with Crippen molar-refractivity contribution in [3.05, 3.63) is 57.2 Å². The first-order valence-electron chi connectivity index (χ1n) is 6.19. The van der Waals surface area contributed by atoms with E-state index in [-0.39, 0.29) is 0 Å². The van der Waals surface area contributed by atoms with Gasteiger partial charge in [0.25, 0.3) is 0 Å². The van der Waals surface area contributed by atoms with Crippen LogP contribution in [0.1, 0.15) is 11.1 Å². The van der Waals surface area contributed by atoms with Crippen LogP contribution in [0.25, 0.3) is 0 Å². The molecule has 20 heavy (non-hydrogen) atoms. The van der Waals surface area contributed by atoms with Crippen molar-refractivity contribution in [1.82, 2.24) is 4.98 Å². The van der Waals surface area contributed by atoms with E-state index in [1.807, 2.05) is 24.3 Å². The van der Waals surface area contributed by atoms with Gasteiger partial charge < -0.3 is 9.84 Å². The lowest BCUT2D eigenvalue weighted by Gasteiger charge is -2.12. The highest BCUT2D eigenvalue weighted by molar-refractivity contribution is 9.10. The number of hydrogen-bond donors (Lipinski definition) is 1. The molecule has 0 fully saturated rings. The predicted octanol–water partition coefficient (Wildman–Crippen LogP) is 3.65. The monoisotopic (exact) mass is 355 g/mol. The number of pyridine rings is 1. The molecular formula is C15H15BrClNO2. The zero-order chi connectivity index (χ0) is 14.5. The first kappa shape index (κ1) is 15.3. The second kappa shape index (κ2) is 7.07. The molecule has 106 valence electrons. The fraction of sp³-hybridized carbons (Fsp3) is 0.267. The number of hydrogen-bond acceptors (Lipinski definition) is 3. The van der Waals surface area contributed by atoms with Gasteiger partial charge in [0.15, 0.2) is 0 Å². The predicted molar refractivity (Wildman–Crippen MR) is 83.4 cm³/mol. The van der Waals surface area contributed by atoms with Crippen molar-refractivity contribution in [2.24, 2.45) is 0 Å². The molecule has 5 heteroatoms. The van der Waals surface area contributed by atoms with Gasteiger partial charge in [0.05, 0.1) is 13.2 Å². The lowest BCUT2D eigenvalue weighted by atomic mass is 10.0. The number of nitrogens with zero attached hydrogens (tertiary/aromatic N) is 1. The van der Waals surface area contributed by atoms with Crippen LogP contribution >= 0.6 is 27.5 Å². The number of rotatable bonds is 5. The Morgan fingerprint density at radius 3 is 2.70 bits per heavy atom. The van der Waals surface area contributed by atoms with E-state index in [0.29, 0.717) is 23.7 Å². The van der Waals surface area contributed by atoms with E-state index < -0.39 is 6.10 Å². The van der Waals surface area contributed by atoms with Gasteiger partial charge in [0.2, 0.25) is 5.88 Å². The molecule has 0 amide bonds. The number of halogens is 2. The van der Waals surface area contributed by atoms with E-state index in [1.165, 1.54) is 0 Å². The lowest BCUT2D eigenvalue weighted by molar-refractivity contribution is 0.175. The summed E-state index contributed by atoms with van der Waals surface area (Å²) in [5.41, 5.74) is 1.90. The van der Waals surface area contributed by atoms with Crippen LogP contribution in [0.15, 0.2) is 41.0 Å². The van der Waals surface area contributed by atoms with Crippen LogP contribution < -0.4 is 4.74 Å². The zero-order valence-electron chi connectivity index (χ0n) is 11.0. The van der Waals surface area contributed by atoms with Crippen molar-refractivity contribution in [3.8, 4) is 5.88 Å². The molecule has 3 nitrogen and oxygen atoms in total. The summed E-state index contributed by atoms with van der Waals surface area (Å²) in [5, 5.41) is 10.8. The number of aliphatic hydroxyl groups is 1. The molecule has 1 aromatic heterocycles. The summed E-state index contributed by atoms with van der Waals surface area (Å²) in [6.07, 6.45) is 2.26. The summed E-state index contributed by atoms with van der Waals surface area (Å²) < 4.78 is 5.93. The number of ether oxygens (including phenoxy) is 1. The summed E-state index contributed by atoms with van der Waals surface area (Å²) in [5.74, 6) is 0.569. The number of aliphatic hydroxyl groups excluding tert-OH is 1. The Hall–Kier alpha value is -1.10. The summed E-state index contributed by atoms with van der Waals surface area (Å²) in [6.45, 7) is 0. The average Bonchev–Trinajstić information content (AvgIpc) is 2.43. The van der Waals surface area contributed by atoms with E-state index in [9.17, 15) is 5.11 Å². The summed E-state index contributed by atoms with van der Waals surface area (Å²) in [4.78, 5) is 4.12. The molecule has 0 bridgehead atoms. The smallest absolute Gasteiger partial charge is 0.212 e. The van der Waals surface area contributed by atoms with Gasteiger partial charge in [-0.1, -0.05) is 39.7 Å². The SMILES string of the molecule is COc1ccc(CC(O)Cc2ccc(Br)cc2Cl)cn1. The Bertz CT molecular complexity index is 575. The highest BCUT2D eigenvalue weighted by atomic mass is 79.9. The molecule has 1 atom stereocenters. The molecule has 0 aliphatic rings. The van der Waals surface area contributed by atoms with Crippen LogP contribution in [0.4, 0.5) is 0 Å². The normalized spacial score (nSPS) is 12.2. The van der Waals surface area contributed by atoms with Crippen LogP contribution in [0.5, 0.6) is 5.88 Å². The molecule has 0 aliphatic carbocycles. The molecule has 2 aromatic rings. The van der Waals surface area contributed by atoms with Crippen molar-refractivity contribution < 1.29 is 9.84 Å². The third-order valence-electron chi connectivity index (χ3n) is 2.95.